The lowest BCUT2D eigenvalue weighted by molar-refractivity contribution is 0.0121. The van der Waals surface area contributed by atoms with E-state index >= 15 is 0 Å². The molecule has 0 aliphatic carbocycles. The van der Waals surface area contributed by atoms with Crippen LogP contribution in [0.3, 0.4) is 0 Å². The van der Waals surface area contributed by atoms with Crippen molar-refractivity contribution >= 4 is 0 Å². The number of ether oxygens (including phenoxy) is 1. The average Bonchev–Trinajstić information content (AvgIpc) is 2.16. The number of hydrogen-bond acceptors (Lipinski definition) is 3. The van der Waals surface area contributed by atoms with Crippen LogP contribution in [0.4, 0.5) is 0 Å². The molecular weight excluding hydrogens is 164 g/mol. The lowest BCUT2D eigenvalue weighted by atomic mass is 10.3. The van der Waals surface area contributed by atoms with Crippen LogP contribution in [0.25, 0.3) is 0 Å². The van der Waals surface area contributed by atoms with E-state index in [1.165, 1.54) is 0 Å². The van der Waals surface area contributed by atoms with Crippen molar-refractivity contribution < 1.29 is 4.74 Å². The molecule has 1 atom stereocenters. The number of likely N-dealkylation sites (N-methyl/N-ethyl adjacent to an activating group) is 1. The third kappa shape index (κ3) is 4.28. The number of nitrogens with zero attached hydrogens (tertiary/aromatic N) is 1. The van der Waals surface area contributed by atoms with Gasteiger partial charge in [-0.25, -0.2) is 0 Å². The van der Waals surface area contributed by atoms with Crippen molar-refractivity contribution in [2.75, 3.05) is 39.8 Å². The maximum atomic E-state index is 5.58. The summed E-state index contributed by atoms with van der Waals surface area (Å²) in [6.07, 6.45) is 0.331. The van der Waals surface area contributed by atoms with Gasteiger partial charge in [0.15, 0.2) is 0 Å². The highest BCUT2D eigenvalue weighted by atomic mass is 16.5. The maximum Gasteiger partial charge on any atom is 0.0826 e. The van der Waals surface area contributed by atoms with Gasteiger partial charge in [0.05, 0.1) is 19.3 Å². The first-order chi connectivity index (χ1) is 6.33. The molecule has 1 unspecified atom stereocenters. The Hall–Kier alpha value is -0.560. The summed E-state index contributed by atoms with van der Waals surface area (Å²) in [5, 5.41) is 3.31. The van der Waals surface area contributed by atoms with E-state index in [1.54, 1.807) is 0 Å². The summed E-state index contributed by atoms with van der Waals surface area (Å²) in [4.78, 5) is 2.19. The third-order valence-corrected chi connectivity index (χ3v) is 2.05. The second-order valence-electron chi connectivity index (χ2n) is 3.32. The van der Waals surface area contributed by atoms with Crippen LogP contribution >= 0.6 is 0 Å². The molecule has 1 aliphatic heterocycles. The molecule has 0 aromatic heterocycles. The molecule has 0 saturated carbocycles. The lowest BCUT2D eigenvalue weighted by Crippen LogP contribution is -2.44. The zero-order valence-corrected chi connectivity index (χ0v) is 8.47. The number of nitrogens with one attached hydrogen (secondary N) is 1. The molecule has 3 nitrogen and oxygen atoms in total. The SMILES string of the molecule is CC#CCN(C)CC1CNCCO1. The van der Waals surface area contributed by atoms with Crippen molar-refractivity contribution in [2.45, 2.75) is 13.0 Å². The van der Waals surface area contributed by atoms with Crippen LogP contribution in [0.2, 0.25) is 0 Å². The molecule has 0 radical (unpaired) electrons. The fraction of sp³-hybridized carbons (Fsp3) is 0.800. The van der Waals surface area contributed by atoms with Gasteiger partial charge in [0, 0.05) is 19.6 Å². The van der Waals surface area contributed by atoms with E-state index in [0.717, 1.165) is 32.8 Å². The zero-order valence-electron chi connectivity index (χ0n) is 8.47. The van der Waals surface area contributed by atoms with Gasteiger partial charge in [-0.15, -0.1) is 5.92 Å². The molecule has 1 rings (SSSR count). The summed E-state index contributed by atoms with van der Waals surface area (Å²) < 4.78 is 5.58. The molecule has 13 heavy (non-hydrogen) atoms. The second-order valence-corrected chi connectivity index (χ2v) is 3.32. The Bertz CT molecular complexity index is 189. The van der Waals surface area contributed by atoms with Gasteiger partial charge in [-0.1, -0.05) is 5.92 Å². The molecule has 1 fully saturated rings. The summed E-state index contributed by atoms with van der Waals surface area (Å²) >= 11 is 0. The molecule has 0 aromatic rings. The molecule has 0 spiro atoms. The minimum Gasteiger partial charge on any atom is -0.374 e. The van der Waals surface area contributed by atoms with E-state index in [2.05, 4.69) is 29.1 Å². The third-order valence-electron chi connectivity index (χ3n) is 2.05. The van der Waals surface area contributed by atoms with Gasteiger partial charge in [-0.3, -0.25) is 4.90 Å². The fourth-order valence-electron chi connectivity index (χ4n) is 1.36. The van der Waals surface area contributed by atoms with Crippen LogP contribution in [0.5, 0.6) is 0 Å². The van der Waals surface area contributed by atoms with E-state index < -0.39 is 0 Å². The Morgan fingerprint density at radius 3 is 3.08 bits per heavy atom. The molecular formula is C10H18N2O. The van der Waals surface area contributed by atoms with E-state index in [4.69, 9.17) is 4.74 Å². The first-order valence-electron chi connectivity index (χ1n) is 4.73. The van der Waals surface area contributed by atoms with E-state index in [9.17, 15) is 0 Å². The summed E-state index contributed by atoms with van der Waals surface area (Å²) in [6, 6.07) is 0. The van der Waals surface area contributed by atoms with Crippen molar-refractivity contribution in [3.63, 3.8) is 0 Å². The monoisotopic (exact) mass is 182 g/mol. The number of hydrogen-bond donors (Lipinski definition) is 1. The Labute approximate surface area is 80.4 Å². The van der Waals surface area contributed by atoms with Crippen molar-refractivity contribution in [2.24, 2.45) is 0 Å². The highest BCUT2D eigenvalue weighted by Gasteiger charge is 2.14. The first kappa shape index (κ1) is 10.5. The van der Waals surface area contributed by atoms with Crippen LogP contribution in [-0.2, 0) is 4.74 Å². The molecule has 0 amide bonds. The molecule has 1 saturated heterocycles. The largest absolute Gasteiger partial charge is 0.374 e. The Kier molecular flexibility index (Phi) is 4.84. The smallest absolute Gasteiger partial charge is 0.0826 e. The second kappa shape index (κ2) is 5.98. The van der Waals surface area contributed by atoms with Crippen molar-refractivity contribution in [1.29, 1.82) is 0 Å². The predicted octanol–water partition coefficient (Wildman–Crippen LogP) is -0.0701. The molecule has 74 valence electrons. The summed E-state index contributed by atoms with van der Waals surface area (Å²) in [6.45, 7) is 6.43. The van der Waals surface area contributed by atoms with Gasteiger partial charge in [-0.05, 0) is 14.0 Å². The Morgan fingerprint density at radius 1 is 1.62 bits per heavy atom. The predicted molar refractivity (Wildman–Crippen MR) is 53.6 cm³/mol. The molecule has 1 N–H and O–H groups in total. The summed E-state index contributed by atoms with van der Waals surface area (Å²) in [7, 11) is 2.07. The topological polar surface area (TPSA) is 24.5 Å². The number of rotatable bonds is 3. The zero-order chi connectivity index (χ0) is 9.52. The molecule has 0 aromatic carbocycles. The molecule has 0 bridgehead atoms. The fourth-order valence-corrected chi connectivity index (χ4v) is 1.36. The number of morpholine rings is 1. The lowest BCUT2D eigenvalue weighted by Gasteiger charge is -2.26. The van der Waals surface area contributed by atoms with E-state index in [0.29, 0.717) is 6.10 Å². The quantitative estimate of drug-likeness (QED) is 0.618. The maximum absolute atomic E-state index is 5.58. The van der Waals surface area contributed by atoms with E-state index in [1.807, 2.05) is 6.92 Å². The Morgan fingerprint density at radius 2 is 2.46 bits per heavy atom. The molecule has 1 aliphatic rings. The van der Waals surface area contributed by atoms with Crippen LogP contribution < -0.4 is 5.32 Å². The van der Waals surface area contributed by atoms with Gasteiger partial charge in [0.2, 0.25) is 0 Å². The minimum atomic E-state index is 0.331. The van der Waals surface area contributed by atoms with Crippen molar-refractivity contribution in [1.82, 2.24) is 10.2 Å². The standard InChI is InChI=1S/C10H18N2O/c1-3-4-6-12(2)9-10-8-11-5-7-13-10/h10-11H,5-9H2,1-2H3. The van der Waals surface area contributed by atoms with Gasteiger partial charge in [0.25, 0.3) is 0 Å². The highest BCUT2D eigenvalue weighted by molar-refractivity contribution is 4.97. The summed E-state index contributed by atoms with van der Waals surface area (Å²) in [5.41, 5.74) is 0. The van der Waals surface area contributed by atoms with Gasteiger partial charge < -0.3 is 10.1 Å². The van der Waals surface area contributed by atoms with Crippen LogP contribution in [0.15, 0.2) is 0 Å². The molecule has 3 heteroatoms. The van der Waals surface area contributed by atoms with Gasteiger partial charge in [0.1, 0.15) is 0 Å². The van der Waals surface area contributed by atoms with Crippen molar-refractivity contribution in [3.05, 3.63) is 0 Å². The minimum absolute atomic E-state index is 0.331. The summed E-state index contributed by atoms with van der Waals surface area (Å²) in [5.74, 6) is 5.93. The normalized spacial score (nSPS) is 22.5. The highest BCUT2D eigenvalue weighted by Crippen LogP contribution is 1.97. The van der Waals surface area contributed by atoms with Crippen LogP contribution in [0.1, 0.15) is 6.92 Å². The van der Waals surface area contributed by atoms with Crippen LogP contribution in [0, 0.1) is 11.8 Å². The van der Waals surface area contributed by atoms with Crippen LogP contribution in [-0.4, -0.2) is 50.8 Å². The van der Waals surface area contributed by atoms with Crippen molar-refractivity contribution in [3.8, 4) is 11.8 Å². The van der Waals surface area contributed by atoms with Gasteiger partial charge >= 0.3 is 0 Å². The molecule has 1 heterocycles. The van der Waals surface area contributed by atoms with E-state index in [-0.39, 0.29) is 0 Å². The average molecular weight is 182 g/mol. The Balaban J connectivity index is 2.16. The van der Waals surface area contributed by atoms with Gasteiger partial charge in [-0.2, -0.15) is 0 Å². The first-order valence-corrected chi connectivity index (χ1v) is 4.73.